The van der Waals surface area contributed by atoms with Gasteiger partial charge in [-0.25, -0.2) is 10.4 Å². The number of benzene rings is 2. The number of Topliss-reactive ketones (excluding diaryl/α,β-unsaturated/α-hetero) is 1. The summed E-state index contributed by atoms with van der Waals surface area (Å²) in [6.07, 6.45) is 0.897. The molecule has 5 heteroatoms. The van der Waals surface area contributed by atoms with Crippen LogP contribution in [0.4, 0.5) is 0 Å². The van der Waals surface area contributed by atoms with E-state index in [1.807, 2.05) is 49.4 Å². The van der Waals surface area contributed by atoms with Gasteiger partial charge in [0.25, 0.3) is 0 Å². The Bertz CT molecular complexity index is 713. The summed E-state index contributed by atoms with van der Waals surface area (Å²) < 4.78 is 5.85. The van der Waals surface area contributed by atoms with Crippen LogP contribution in [0.5, 0.6) is 5.75 Å². The lowest BCUT2D eigenvalue weighted by molar-refractivity contribution is 0.0946. The van der Waals surface area contributed by atoms with Crippen molar-refractivity contribution < 1.29 is 9.53 Å². The van der Waals surface area contributed by atoms with Crippen LogP contribution in [0.1, 0.15) is 21.5 Å². The number of rotatable bonds is 5. The second-order valence-corrected chi connectivity index (χ2v) is 5.04. The highest BCUT2D eigenvalue weighted by Crippen LogP contribution is 2.20. The van der Waals surface area contributed by atoms with E-state index in [2.05, 4.69) is 15.8 Å². The number of nitrogens with one attached hydrogen (secondary N) is 2. The van der Waals surface area contributed by atoms with Gasteiger partial charge in [0.2, 0.25) is 5.78 Å². The highest BCUT2D eigenvalue weighted by atomic mass is 16.5. The van der Waals surface area contributed by atoms with E-state index in [9.17, 15) is 4.79 Å². The van der Waals surface area contributed by atoms with Crippen molar-refractivity contribution in [1.29, 1.82) is 0 Å². The zero-order chi connectivity index (χ0) is 15.4. The summed E-state index contributed by atoms with van der Waals surface area (Å²) in [5, 5.41) is 0. The SMILES string of the molecule is Cc1ccccc1OCc1ccccc1C(=O)C1N=CNN1. The number of carbonyl (C=O) groups is 1. The second-order valence-electron chi connectivity index (χ2n) is 5.04. The van der Waals surface area contributed by atoms with Gasteiger partial charge in [0.05, 0.1) is 6.34 Å². The number of para-hydroxylation sites is 1. The molecule has 0 fully saturated rings. The van der Waals surface area contributed by atoms with Crippen molar-refractivity contribution >= 4 is 12.1 Å². The van der Waals surface area contributed by atoms with E-state index >= 15 is 0 Å². The molecule has 0 bridgehead atoms. The van der Waals surface area contributed by atoms with E-state index in [-0.39, 0.29) is 5.78 Å². The summed E-state index contributed by atoms with van der Waals surface area (Å²) in [4.78, 5) is 16.5. The number of aliphatic imine (C=N–C) groups is 1. The van der Waals surface area contributed by atoms with Crippen molar-refractivity contribution in [3.63, 3.8) is 0 Å². The average molecular weight is 295 g/mol. The molecule has 0 aromatic heterocycles. The standard InChI is InChI=1S/C17H17N3O2/c1-12-6-2-5-9-15(12)22-10-13-7-3-4-8-14(13)16(21)17-18-11-19-20-17/h2-9,11,17,20H,10H2,1H3,(H,18,19). The monoisotopic (exact) mass is 295 g/mol. The van der Waals surface area contributed by atoms with Crippen LogP contribution in [-0.4, -0.2) is 18.3 Å². The number of ketones is 1. The number of aryl methyl sites for hydroxylation is 1. The first kappa shape index (κ1) is 14.3. The topological polar surface area (TPSA) is 62.7 Å². The molecule has 2 aromatic rings. The Hall–Kier alpha value is -2.66. The van der Waals surface area contributed by atoms with E-state index < -0.39 is 6.17 Å². The van der Waals surface area contributed by atoms with Crippen molar-refractivity contribution in [2.75, 3.05) is 0 Å². The van der Waals surface area contributed by atoms with Gasteiger partial charge >= 0.3 is 0 Å². The molecule has 0 aliphatic carbocycles. The Kier molecular flexibility index (Phi) is 4.16. The number of hydrogen-bond donors (Lipinski definition) is 2. The number of carbonyl (C=O) groups excluding carboxylic acids is 1. The minimum Gasteiger partial charge on any atom is -0.489 e. The molecule has 1 aliphatic heterocycles. The van der Waals surface area contributed by atoms with E-state index in [0.717, 1.165) is 16.9 Å². The molecule has 2 N–H and O–H groups in total. The van der Waals surface area contributed by atoms with Crippen LogP contribution in [0, 0.1) is 6.92 Å². The van der Waals surface area contributed by atoms with E-state index in [1.54, 1.807) is 6.07 Å². The van der Waals surface area contributed by atoms with E-state index in [1.165, 1.54) is 6.34 Å². The molecule has 0 spiro atoms. The summed E-state index contributed by atoms with van der Waals surface area (Å²) >= 11 is 0. The fraction of sp³-hybridized carbons (Fsp3) is 0.176. The van der Waals surface area contributed by atoms with Gasteiger partial charge in [-0.2, -0.15) is 0 Å². The molecule has 1 heterocycles. The van der Waals surface area contributed by atoms with E-state index in [0.29, 0.717) is 12.2 Å². The fourth-order valence-corrected chi connectivity index (χ4v) is 2.31. The van der Waals surface area contributed by atoms with Crippen LogP contribution in [0.25, 0.3) is 0 Å². The van der Waals surface area contributed by atoms with Gasteiger partial charge in [0.1, 0.15) is 12.4 Å². The first-order valence-electron chi connectivity index (χ1n) is 7.09. The van der Waals surface area contributed by atoms with Crippen LogP contribution >= 0.6 is 0 Å². The minimum absolute atomic E-state index is 0.0785. The van der Waals surface area contributed by atoms with Crippen molar-refractivity contribution in [2.45, 2.75) is 19.7 Å². The Balaban J connectivity index is 1.78. The third kappa shape index (κ3) is 2.99. The fourth-order valence-electron chi connectivity index (χ4n) is 2.31. The first-order chi connectivity index (χ1) is 10.8. The van der Waals surface area contributed by atoms with Crippen LogP contribution in [0.2, 0.25) is 0 Å². The highest BCUT2D eigenvalue weighted by molar-refractivity contribution is 6.02. The van der Waals surface area contributed by atoms with Crippen molar-refractivity contribution in [1.82, 2.24) is 10.9 Å². The Morgan fingerprint density at radius 2 is 1.95 bits per heavy atom. The van der Waals surface area contributed by atoms with Crippen LogP contribution < -0.4 is 15.6 Å². The molecule has 1 unspecified atom stereocenters. The lowest BCUT2D eigenvalue weighted by atomic mass is 10.0. The number of nitrogens with zero attached hydrogens (tertiary/aromatic N) is 1. The maximum absolute atomic E-state index is 12.5. The maximum atomic E-state index is 12.5. The Morgan fingerprint density at radius 1 is 1.18 bits per heavy atom. The lowest BCUT2D eigenvalue weighted by Gasteiger charge is -2.13. The molecule has 1 atom stereocenters. The summed E-state index contributed by atoms with van der Waals surface area (Å²) in [6.45, 7) is 2.34. The van der Waals surface area contributed by atoms with Crippen LogP contribution in [0.15, 0.2) is 53.5 Å². The van der Waals surface area contributed by atoms with Gasteiger partial charge in [0.15, 0.2) is 6.17 Å². The molecule has 0 saturated heterocycles. The van der Waals surface area contributed by atoms with Gasteiger partial charge in [-0.05, 0) is 18.6 Å². The summed E-state index contributed by atoms with van der Waals surface area (Å²) in [6, 6.07) is 15.3. The van der Waals surface area contributed by atoms with Crippen molar-refractivity contribution in [3.05, 3.63) is 65.2 Å². The molecular formula is C17H17N3O2. The zero-order valence-corrected chi connectivity index (χ0v) is 12.2. The Labute approximate surface area is 129 Å². The van der Waals surface area contributed by atoms with Gasteiger partial charge in [0, 0.05) is 11.1 Å². The molecule has 5 nitrogen and oxygen atoms in total. The summed E-state index contributed by atoms with van der Waals surface area (Å²) in [5.41, 5.74) is 8.05. The smallest absolute Gasteiger partial charge is 0.203 e. The molecular weight excluding hydrogens is 278 g/mol. The van der Waals surface area contributed by atoms with Gasteiger partial charge < -0.3 is 10.2 Å². The number of hydrogen-bond acceptors (Lipinski definition) is 5. The first-order valence-corrected chi connectivity index (χ1v) is 7.09. The largest absolute Gasteiger partial charge is 0.489 e. The summed E-state index contributed by atoms with van der Waals surface area (Å²) in [5.74, 6) is 0.744. The highest BCUT2D eigenvalue weighted by Gasteiger charge is 2.23. The van der Waals surface area contributed by atoms with Crippen LogP contribution in [-0.2, 0) is 6.61 Å². The summed E-state index contributed by atoms with van der Waals surface area (Å²) in [7, 11) is 0. The molecule has 3 rings (SSSR count). The second kappa shape index (κ2) is 6.41. The predicted octanol–water partition coefficient (Wildman–Crippen LogP) is 2.22. The van der Waals surface area contributed by atoms with Gasteiger partial charge in [-0.1, -0.05) is 42.5 Å². The van der Waals surface area contributed by atoms with Crippen LogP contribution in [0.3, 0.4) is 0 Å². The molecule has 112 valence electrons. The zero-order valence-electron chi connectivity index (χ0n) is 12.2. The lowest BCUT2D eigenvalue weighted by Crippen LogP contribution is -2.37. The quantitative estimate of drug-likeness (QED) is 0.830. The van der Waals surface area contributed by atoms with Gasteiger partial charge in [-0.15, -0.1) is 0 Å². The third-order valence-electron chi connectivity index (χ3n) is 3.52. The molecule has 0 saturated carbocycles. The van der Waals surface area contributed by atoms with Crippen molar-refractivity contribution in [2.24, 2.45) is 4.99 Å². The van der Waals surface area contributed by atoms with Crippen molar-refractivity contribution in [3.8, 4) is 5.75 Å². The normalized spacial score (nSPS) is 16.3. The van der Waals surface area contributed by atoms with E-state index in [4.69, 9.17) is 4.74 Å². The maximum Gasteiger partial charge on any atom is 0.203 e. The minimum atomic E-state index is -0.584. The number of ether oxygens (including phenoxy) is 1. The Morgan fingerprint density at radius 3 is 2.73 bits per heavy atom. The molecule has 22 heavy (non-hydrogen) atoms. The molecule has 2 aromatic carbocycles. The predicted molar refractivity (Wildman–Crippen MR) is 84.8 cm³/mol. The van der Waals surface area contributed by atoms with Gasteiger partial charge in [-0.3, -0.25) is 4.79 Å². The third-order valence-corrected chi connectivity index (χ3v) is 3.52. The molecule has 0 radical (unpaired) electrons. The molecule has 0 amide bonds. The molecule has 1 aliphatic rings. The number of hydrazine groups is 1. The average Bonchev–Trinajstić information content (AvgIpc) is 3.08.